The number of rotatable bonds is 4. The number of aryl methyl sites for hydroxylation is 3. The van der Waals surface area contributed by atoms with Crippen molar-refractivity contribution in [2.45, 2.75) is 27.4 Å². The van der Waals surface area contributed by atoms with Gasteiger partial charge in [0.05, 0.1) is 5.69 Å². The van der Waals surface area contributed by atoms with Gasteiger partial charge in [-0.05, 0) is 49.6 Å². The largest absolute Gasteiger partial charge is 0.488 e. The van der Waals surface area contributed by atoms with E-state index in [2.05, 4.69) is 4.99 Å². The lowest BCUT2D eigenvalue weighted by molar-refractivity contribution is 0.302. The standard InChI is InChI=1S/C17H16FNO2/c1-11-5-4-6-16(19-10-20)14(11)9-21-17-8-15(18)12(2)7-13(17)3/h4-8H,9H2,1-3H3. The molecule has 108 valence electrons. The first-order chi connectivity index (χ1) is 10.0. The summed E-state index contributed by atoms with van der Waals surface area (Å²) in [5.74, 6) is 0.189. The van der Waals surface area contributed by atoms with Crippen LogP contribution in [0.2, 0.25) is 0 Å². The Morgan fingerprint density at radius 2 is 1.90 bits per heavy atom. The summed E-state index contributed by atoms with van der Waals surface area (Å²) < 4.78 is 19.3. The molecular formula is C17H16FNO2. The number of hydrogen-bond acceptors (Lipinski definition) is 3. The van der Waals surface area contributed by atoms with Crippen LogP contribution in [0.3, 0.4) is 0 Å². The molecule has 0 bridgehead atoms. The molecule has 0 atom stereocenters. The van der Waals surface area contributed by atoms with Crippen molar-refractivity contribution >= 4 is 11.8 Å². The molecule has 2 aromatic rings. The highest BCUT2D eigenvalue weighted by molar-refractivity contribution is 5.56. The molecular weight excluding hydrogens is 269 g/mol. The third kappa shape index (κ3) is 3.36. The minimum atomic E-state index is -0.300. The summed E-state index contributed by atoms with van der Waals surface area (Å²) in [4.78, 5) is 14.1. The second-order valence-electron chi connectivity index (χ2n) is 4.93. The fourth-order valence-electron chi connectivity index (χ4n) is 2.14. The molecule has 21 heavy (non-hydrogen) atoms. The van der Waals surface area contributed by atoms with Gasteiger partial charge in [0.1, 0.15) is 18.2 Å². The molecule has 0 aliphatic carbocycles. The molecule has 2 aromatic carbocycles. The summed E-state index contributed by atoms with van der Waals surface area (Å²) in [6.07, 6.45) is 1.54. The monoisotopic (exact) mass is 285 g/mol. The van der Waals surface area contributed by atoms with Gasteiger partial charge in [-0.1, -0.05) is 12.1 Å². The molecule has 0 N–H and O–H groups in total. The zero-order valence-electron chi connectivity index (χ0n) is 12.2. The maximum atomic E-state index is 13.6. The third-order valence-electron chi connectivity index (χ3n) is 3.38. The van der Waals surface area contributed by atoms with Gasteiger partial charge in [0, 0.05) is 11.6 Å². The molecule has 0 unspecified atom stereocenters. The van der Waals surface area contributed by atoms with Gasteiger partial charge in [0.2, 0.25) is 6.08 Å². The van der Waals surface area contributed by atoms with Crippen molar-refractivity contribution in [2.24, 2.45) is 4.99 Å². The minimum Gasteiger partial charge on any atom is -0.488 e. The zero-order valence-corrected chi connectivity index (χ0v) is 12.2. The van der Waals surface area contributed by atoms with Gasteiger partial charge in [0.15, 0.2) is 0 Å². The normalized spacial score (nSPS) is 10.1. The topological polar surface area (TPSA) is 38.7 Å². The first-order valence-electron chi connectivity index (χ1n) is 6.59. The van der Waals surface area contributed by atoms with Crippen molar-refractivity contribution in [1.82, 2.24) is 0 Å². The van der Waals surface area contributed by atoms with Crippen LogP contribution in [0.4, 0.5) is 10.1 Å². The first-order valence-corrected chi connectivity index (χ1v) is 6.59. The van der Waals surface area contributed by atoms with Crippen LogP contribution in [0, 0.1) is 26.6 Å². The Bertz CT molecular complexity index is 719. The van der Waals surface area contributed by atoms with Gasteiger partial charge < -0.3 is 4.74 Å². The second kappa shape index (κ2) is 6.33. The lowest BCUT2D eigenvalue weighted by atomic mass is 10.1. The third-order valence-corrected chi connectivity index (χ3v) is 3.38. The van der Waals surface area contributed by atoms with E-state index in [0.717, 1.165) is 16.7 Å². The van der Waals surface area contributed by atoms with Crippen molar-refractivity contribution in [2.75, 3.05) is 0 Å². The molecule has 3 nitrogen and oxygen atoms in total. The van der Waals surface area contributed by atoms with Gasteiger partial charge in [-0.2, -0.15) is 4.99 Å². The molecule has 0 saturated carbocycles. The zero-order chi connectivity index (χ0) is 15.4. The number of hydrogen-bond donors (Lipinski definition) is 0. The maximum Gasteiger partial charge on any atom is 0.240 e. The fraction of sp³-hybridized carbons (Fsp3) is 0.235. The van der Waals surface area contributed by atoms with E-state index in [-0.39, 0.29) is 12.4 Å². The Kier molecular flexibility index (Phi) is 4.51. The predicted molar refractivity (Wildman–Crippen MR) is 79.2 cm³/mol. The van der Waals surface area contributed by atoms with Gasteiger partial charge >= 0.3 is 0 Å². The van der Waals surface area contributed by atoms with Gasteiger partial charge in [0.25, 0.3) is 0 Å². The highest BCUT2D eigenvalue weighted by Gasteiger charge is 2.09. The number of aliphatic imine (C=N–C) groups is 1. The number of halogens is 1. The molecule has 2 rings (SSSR count). The number of carbonyl (C=O) groups excluding carboxylic acids is 1. The van der Waals surface area contributed by atoms with Crippen LogP contribution in [0.25, 0.3) is 0 Å². The molecule has 0 aromatic heterocycles. The molecule has 4 heteroatoms. The van der Waals surface area contributed by atoms with Crippen LogP contribution < -0.4 is 4.74 Å². The summed E-state index contributed by atoms with van der Waals surface area (Å²) in [5, 5.41) is 0. The molecule has 0 aliphatic rings. The summed E-state index contributed by atoms with van der Waals surface area (Å²) in [6, 6.07) is 8.56. The lowest BCUT2D eigenvalue weighted by Crippen LogP contribution is -2.01. The number of benzene rings is 2. The van der Waals surface area contributed by atoms with Crippen LogP contribution in [-0.4, -0.2) is 6.08 Å². The predicted octanol–water partition coefficient (Wildman–Crippen LogP) is 4.30. The van der Waals surface area contributed by atoms with Crippen LogP contribution in [0.1, 0.15) is 22.3 Å². The Morgan fingerprint density at radius 3 is 2.62 bits per heavy atom. The summed E-state index contributed by atoms with van der Waals surface area (Å²) >= 11 is 0. The van der Waals surface area contributed by atoms with E-state index in [1.54, 1.807) is 19.1 Å². The SMILES string of the molecule is Cc1cc(C)c(OCc2c(C)cccc2N=C=O)cc1F. The van der Waals surface area contributed by atoms with Crippen molar-refractivity contribution in [3.8, 4) is 5.75 Å². The van der Waals surface area contributed by atoms with E-state index in [1.165, 1.54) is 12.1 Å². The summed E-state index contributed by atoms with van der Waals surface area (Å²) in [6.45, 7) is 5.70. The minimum absolute atomic E-state index is 0.219. The Morgan fingerprint density at radius 1 is 1.14 bits per heavy atom. The average Bonchev–Trinajstić information content (AvgIpc) is 2.44. The van der Waals surface area contributed by atoms with E-state index >= 15 is 0 Å². The van der Waals surface area contributed by atoms with Gasteiger partial charge in [-0.3, -0.25) is 0 Å². The highest BCUT2D eigenvalue weighted by Crippen LogP contribution is 2.27. The molecule has 0 fully saturated rings. The average molecular weight is 285 g/mol. The van der Waals surface area contributed by atoms with E-state index in [1.807, 2.05) is 26.0 Å². The number of isocyanates is 1. The molecule has 0 aliphatic heterocycles. The fourth-order valence-corrected chi connectivity index (χ4v) is 2.14. The highest BCUT2D eigenvalue weighted by atomic mass is 19.1. The van der Waals surface area contributed by atoms with Crippen molar-refractivity contribution in [3.05, 3.63) is 58.4 Å². The molecule has 0 amide bonds. The van der Waals surface area contributed by atoms with Crippen molar-refractivity contribution in [3.63, 3.8) is 0 Å². The molecule has 0 heterocycles. The second-order valence-corrected chi connectivity index (χ2v) is 4.93. The molecule has 0 radical (unpaired) electrons. The summed E-state index contributed by atoms with van der Waals surface area (Å²) in [7, 11) is 0. The Labute approximate surface area is 123 Å². The van der Waals surface area contributed by atoms with Gasteiger partial charge in [-0.15, -0.1) is 0 Å². The van der Waals surface area contributed by atoms with Crippen molar-refractivity contribution in [1.29, 1.82) is 0 Å². The Hall–Kier alpha value is -2.45. The van der Waals surface area contributed by atoms with E-state index in [4.69, 9.17) is 4.74 Å². The molecule has 0 saturated heterocycles. The van der Waals surface area contributed by atoms with Crippen LogP contribution in [-0.2, 0) is 11.4 Å². The summed E-state index contributed by atoms with van der Waals surface area (Å²) in [5.41, 5.74) is 3.72. The van der Waals surface area contributed by atoms with E-state index in [0.29, 0.717) is 17.0 Å². The quantitative estimate of drug-likeness (QED) is 0.620. The van der Waals surface area contributed by atoms with E-state index < -0.39 is 0 Å². The number of nitrogens with zero attached hydrogens (tertiary/aromatic N) is 1. The Balaban J connectivity index is 2.28. The van der Waals surface area contributed by atoms with E-state index in [9.17, 15) is 9.18 Å². The smallest absolute Gasteiger partial charge is 0.240 e. The first kappa shape index (κ1) is 14.9. The lowest BCUT2D eigenvalue weighted by Gasteiger charge is -2.13. The number of ether oxygens (including phenoxy) is 1. The van der Waals surface area contributed by atoms with Crippen molar-refractivity contribution < 1.29 is 13.9 Å². The maximum absolute atomic E-state index is 13.6. The van der Waals surface area contributed by atoms with Crippen LogP contribution in [0.15, 0.2) is 35.3 Å². The molecule has 0 spiro atoms. The van der Waals surface area contributed by atoms with Gasteiger partial charge in [-0.25, -0.2) is 9.18 Å². The van der Waals surface area contributed by atoms with Crippen LogP contribution in [0.5, 0.6) is 5.75 Å². The van der Waals surface area contributed by atoms with Crippen LogP contribution >= 0.6 is 0 Å².